The fourth-order valence-electron chi connectivity index (χ4n) is 3.12. The summed E-state index contributed by atoms with van der Waals surface area (Å²) in [5.41, 5.74) is -0.630. The van der Waals surface area contributed by atoms with Gasteiger partial charge in [0.15, 0.2) is 17.7 Å². The van der Waals surface area contributed by atoms with Crippen LogP contribution in [-0.4, -0.2) is 50.8 Å². The summed E-state index contributed by atoms with van der Waals surface area (Å²) in [6.45, 7) is 2.75. The van der Waals surface area contributed by atoms with Crippen molar-refractivity contribution >= 4 is 11.8 Å². The van der Waals surface area contributed by atoms with Crippen molar-refractivity contribution in [1.29, 1.82) is 0 Å². The minimum absolute atomic E-state index is 0.00687. The van der Waals surface area contributed by atoms with Gasteiger partial charge in [0.25, 0.3) is 11.8 Å². The number of aromatic nitrogens is 2. The summed E-state index contributed by atoms with van der Waals surface area (Å²) in [4.78, 5) is 42.7. The van der Waals surface area contributed by atoms with Crippen molar-refractivity contribution in [3.63, 3.8) is 0 Å². The largest absolute Gasteiger partial charge is 0.503 e. The van der Waals surface area contributed by atoms with E-state index in [0.29, 0.717) is 24.7 Å². The molecule has 2 amide bonds. The highest BCUT2D eigenvalue weighted by molar-refractivity contribution is 5.99. The maximum Gasteiger partial charge on any atom is 0.276 e. The Hall–Kier alpha value is -3.14. The lowest BCUT2D eigenvalue weighted by Crippen LogP contribution is -2.46. The van der Waals surface area contributed by atoms with Gasteiger partial charge in [0.05, 0.1) is 25.4 Å². The van der Waals surface area contributed by atoms with Crippen LogP contribution in [0.5, 0.6) is 5.75 Å². The summed E-state index contributed by atoms with van der Waals surface area (Å²) >= 11 is 0. The van der Waals surface area contributed by atoms with Crippen LogP contribution in [-0.2, 0) is 17.8 Å². The van der Waals surface area contributed by atoms with Gasteiger partial charge in [-0.25, -0.2) is 4.98 Å². The number of hydrogen-bond donors (Lipinski definition) is 2. The monoisotopic (exact) mass is 360 g/mol. The number of rotatable bonds is 3. The summed E-state index contributed by atoms with van der Waals surface area (Å²) in [6.07, 6.45) is 2.24. The van der Waals surface area contributed by atoms with Crippen LogP contribution in [0.3, 0.4) is 0 Å². The average molecular weight is 360 g/mol. The highest BCUT2D eigenvalue weighted by atomic mass is 16.5. The number of ether oxygens (including phenoxy) is 1. The summed E-state index contributed by atoms with van der Waals surface area (Å²) < 4.78 is 12.0. The first-order chi connectivity index (χ1) is 12.5. The van der Waals surface area contributed by atoms with Gasteiger partial charge >= 0.3 is 0 Å². The van der Waals surface area contributed by atoms with E-state index >= 15 is 0 Å². The number of aromatic hydroxyl groups is 1. The molecule has 0 spiro atoms. The molecule has 2 N–H and O–H groups in total. The lowest BCUT2D eigenvalue weighted by atomic mass is 10.1. The average Bonchev–Trinajstić information content (AvgIpc) is 3.24. The van der Waals surface area contributed by atoms with Crippen LogP contribution in [0.2, 0.25) is 0 Å². The van der Waals surface area contributed by atoms with Crippen molar-refractivity contribution in [1.82, 2.24) is 19.8 Å². The molecule has 136 valence electrons. The van der Waals surface area contributed by atoms with Crippen LogP contribution in [0, 0.1) is 6.92 Å². The molecule has 0 aliphatic carbocycles. The van der Waals surface area contributed by atoms with E-state index < -0.39 is 29.2 Å². The van der Waals surface area contributed by atoms with E-state index in [1.165, 1.54) is 21.9 Å². The first-order valence-electron chi connectivity index (χ1n) is 8.04. The van der Waals surface area contributed by atoms with E-state index in [9.17, 15) is 19.5 Å². The maximum atomic E-state index is 12.5. The Morgan fingerprint density at radius 3 is 3.00 bits per heavy atom. The number of hydrogen-bond acceptors (Lipinski definition) is 7. The van der Waals surface area contributed by atoms with Crippen LogP contribution in [0.1, 0.15) is 32.4 Å². The van der Waals surface area contributed by atoms with Crippen molar-refractivity contribution < 1.29 is 23.8 Å². The van der Waals surface area contributed by atoms with Crippen LogP contribution < -0.4 is 10.7 Å². The van der Waals surface area contributed by atoms with E-state index in [4.69, 9.17) is 9.15 Å². The molecule has 1 atom stereocenters. The summed E-state index contributed by atoms with van der Waals surface area (Å²) in [5, 5.41) is 12.7. The summed E-state index contributed by atoms with van der Waals surface area (Å²) in [5.74, 6) is -1.63. The number of fused-ring (bicyclic) bond motifs is 2. The van der Waals surface area contributed by atoms with E-state index in [1.54, 1.807) is 6.92 Å². The number of aryl methyl sites for hydroxylation is 1. The molecule has 2 aromatic heterocycles. The third-order valence-corrected chi connectivity index (χ3v) is 4.37. The van der Waals surface area contributed by atoms with Crippen molar-refractivity contribution in [2.24, 2.45) is 0 Å². The SMILES string of the molecule is Cc1coc(CNC(=O)c2cn3c(c(O)c2=O)C(=O)N2CCOC2C3)n1. The number of nitrogens with one attached hydrogen (secondary N) is 1. The van der Waals surface area contributed by atoms with Crippen molar-refractivity contribution in [3.8, 4) is 5.75 Å². The topological polar surface area (TPSA) is 127 Å². The molecule has 0 radical (unpaired) electrons. The molecular formula is C16H16N4O6. The number of carbonyl (C=O) groups is 2. The van der Waals surface area contributed by atoms with Gasteiger partial charge in [-0.3, -0.25) is 14.4 Å². The van der Waals surface area contributed by atoms with Crippen molar-refractivity contribution in [2.45, 2.75) is 26.2 Å². The van der Waals surface area contributed by atoms with Crippen molar-refractivity contribution in [3.05, 3.63) is 45.5 Å². The highest BCUT2D eigenvalue weighted by Crippen LogP contribution is 2.26. The smallest absolute Gasteiger partial charge is 0.276 e. The van der Waals surface area contributed by atoms with Gasteiger partial charge in [0.2, 0.25) is 11.3 Å². The molecule has 10 nitrogen and oxygen atoms in total. The van der Waals surface area contributed by atoms with Gasteiger partial charge in [-0.15, -0.1) is 0 Å². The van der Waals surface area contributed by atoms with Gasteiger partial charge in [0, 0.05) is 12.7 Å². The highest BCUT2D eigenvalue weighted by Gasteiger charge is 2.39. The van der Waals surface area contributed by atoms with Gasteiger partial charge in [0.1, 0.15) is 11.8 Å². The van der Waals surface area contributed by atoms with E-state index in [0.717, 1.165) is 0 Å². The molecule has 0 aromatic carbocycles. The first kappa shape index (κ1) is 16.3. The van der Waals surface area contributed by atoms with E-state index in [2.05, 4.69) is 10.3 Å². The maximum absolute atomic E-state index is 12.5. The Kier molecular flexibility index (Phi) is 3.76. The van der Waals surface area contributed by atoms with Crippen LogP contribution >= 0.6 is 0 Å². The second-order valence-corrected chi connectivity index (χ2v) is 6.11. The quantitative estimate of drug-likeness (QED) is 0.762. The first-order valence-corrected chi connectivity index (χ1v) is 8.04. The molecule has 0 bridgehead atoms. The lowest BCUT2D eigenvalue weighted by Gasteiger charge is -2.31. The molecule has 2 aliphatic rings. The molecule has 0 saturated carbocycles. The predicted octanol–water partition coefficient (Wildman–Crippen LogP) is -0.408. The Labute approximate surface area is 147 Å². The molecule has 10 heteroatoms. The molecule has 2 aromatic rings. The molecular weight excluding hydrogens is 344 g/mol. The third kappa shape index (κ3) is 2.54. The van der Waals surface area contributed by atoms with Crippen LogP contribution in [0.25, 0.3) is 0 Å². The number of nitrogens with zero attached hydrogens (tertiary/aromatic N) is 3. The number of carbonyl (C=O) groups excluding carboxylic acids is 2. The molecule has 26 heavy (non-hydrogen) atoms. The zero-order chi connectivity index (χ0) is 18.4. The third-order valence-electron chi connectivity index (χ3n) is 4.37. The molecule has 4 rings (SSSR count). The Balaban J connectivity index is 1.63. The molecule has 1 fully saturated rings. The fourth-order valence-corrected chi connectivity index (χ4v) is 3.12. The zero-order valence-corrected chi connectivity index (χ0v) is 13.9. The lowest BCUT2D eigenvalue weighted by molar-refractivity contribution is 0.00845. The summed E-state index contributed by atoms with van der Waals surface area (Å²) in [7, 11) is 0. The fraction of sp³-hybridized carbons (Fsp3) is 0.375. The minimum atomic E-state index is -0.899. The molecule has 4 heterocycles. The zero-order valence-electron chi connectivity index (χ0n) is 13.9. The van der Waals surface area contributed by atoms with Crippen LogP contribution in [0.15, 0.2) is 21.7 Å². The minimum Gasteiger partial charge on any atom is -0.503 e. The van der Waals surface area contributed by atoms with Crippen molar-refractivity contribution in [2.75, 3.05) is 13.2 Å². The summed E-state index contributed by atoms with van der Waals surface area (Å²) in [6, 6.07) is 0. The van der Waals surface area contributed by atoms with E-state index in [-0.39, 0.29) is 24.3 Å². The molecule has 1 unspecified atom stereocenters. The Bertz CT molecular complexity index is 962. The van der Waals surface area contributed by atoms with Gasteiger partial charge in [-0.2, -0.15) is 0 Å². The van der Waals surface area contributed by atoms with Gasteiger partial charge in [-0.1, -0.05) is 0 Å². The standard InChI is InChI=1S/C16H16N4O6/c1-8-7-26-10(18-8)4-17-15(23)9-5-19-6-11-20(2-3-25-11)16(24)12(19)14(22)13(9)21/h5,7,11,22H,2-4,6H2,1H3,(H,17,23). The number of oxazole rings is 1. The Morgan fingerprint density at radius 2 is 2.27 bits per heavy atom. The normalized spacial score (nSPS) is 18.6. The van der Waals surface area contributed by atoms with Crippen LogP contribution in [0.4, 0.5) is 0 Å². The predicted molar refractivity (Wildman–Crippen MR) is 85.6 cm³/mol. The van der Waals surface area contributed by atoms with E-state index in [1.807, 2.05) is 0 Å². The molecule has 2 aliphatic heterocycles. The number of pyridine rings is 1. The molecule has 1 saturated heterocycles. The second kappa shape index (κ2) is 5.99. The second-order valence-electron chi connectivity index (χ2n) is 6.11. The van der Waals surface area contributed by atoms with Gasteiger partial charge in [-0.05, 0) is 6.92 Å². The number of amides is 2. The van der Waals surface area contributed by atoms with Gasteiger partial charge < -0.3 is 29.0 Å². The Morgan fingerprint density at radius 1 is 1.46 bits per heavy atom.